The molecule has 5 nitrogen and oxygen atoms in total. The van der Waals surface area contributed by atoms with Crippen LogP contribution in [0, 0.1) is 0 Å². The molecule has 92 valence electrons. The third-order valence-corrected chi connectivity index (χ3v) is 4.27. The quantitative estimate of drug-likeness (QED) is 0.650. The van der Waals surface area contributed by atoms with E-state index in [1.807, 2.05) is 6.92 Å². The minimum atomic E-state index is -3.26. The Bertz CT molecular complexity index is 253. The zero-order valence-electron chi connectivity index (χ0n) is 9.64. The van der Waals surface area contributed by atoms with Crippen LogP contribution in [0.4, 0.5) is 0 Å². The number of nitrogens with zero attached hydrogens (tertiary/aromatic N) is 1. The fourth-order valence-corrected chi connectivity index (χ4v) is 3.20. The van der Waals surface area contributed by atoms with Crippen molar-refractivity contribution in [1.82, 2.24) is 4.31 Å². The van der Waals surface area contributed by atoms with Gasteiger partial charge in [-0.2, -0.15) is 4.31 Å². The van der Waals surface area contributed by atoms with Gasteiger partial charge in [-0.05, 0) is 13.3 Å². The van der Waals surface area contributed by atoms with Crippen LogP contribution in [0.15, 0.2) is 0 Å². The van der Waals surface area contributed by atoms with E-state index in [0.29, 0.717) is 13.2 Å². The van der Waals surface area contributed by atoms with Crippen molar-refractivity contribution in [2.75, 3.05) is 32.6 Å². The van der Waals surface area contributed by atoms with Crippen LogP contribution in [0.1, 0.15) is 20.3 Å². The zero-order chi connectivity index (χ0) is 11.9. The molecular weight excluding hydrogens is 218 g/mol. The van der Waals surface area contributed by atoms with Gasteiger partial charge in [-0.25, -0.2) is 8.42 Å². The van der Waals surface area contributed by atoms with Gasteiger partial charge in [0.25, 0.3) is 0 Å². The Hall–Kier alpha value is -0.170. The number of likely N-dealkylation sites (N-methyl/N-ethyl adjacent to an activating group) is 1. The number of rotatable bonds is 8. The Morgan fingerprint density at radius 3 is 2.47 bits per heavy atom. The van der Waals surface area contributed by atoms with Gasteiger partial charge in [-0.15, -0.1) is 0 Å². The molecule has 1 N–H and O–H groups in total. The number of aliphatic hydroxyl groups is 1. The molecule has 6 heteroatoms. The number of ether oxygens (including phenoxy) is 1. The van der Waals surface area contributed by atoms with Gasteiger partial charge in [-0.1, -0.05) is 6.92 Å². The summed E-state index contributed by atoms with van der Waals surface area (Å²) in [6, 6.07) is -0.163. The van der Waals surface area contributed by atoms with Crippen molar-refractivity contribution in [2.24, 2.45) is 0 Å². The molecule has 0 rings (SSSR count). The number of hydrogen-bond donors (Lipinski definition) is 1. The highest BCUT2D eigenvalue weighted by atomic mass is 32.2. The summed E-state index contributed by atoms with van der Waals surface area (Å²) in [6.45, 7) is 4.31. The van der Waals surface area contributed by atoms with Crippen LogP contribution in [0.25, 0.3) is 0 Å². The first kappa shape index (κ1) is 14.8. The molecule has 0 radical (unpaired) electrons. The van der Waals surface area contributed by atoms with Gasteiger partial charge < -0.3 is 9.84 Å². The molecule has 0 bridgehead atoms. The normalized spacial score (nSPS) is 14.5. The first-order valence-corrected chi connectivity index (χ1v) is 6.69. The van der Waals surface area contributed by atoms with Gasteiger partial charge in [0.15, 0.2) is 0 Å². The molecule has 0 aliphatic carbocycles. The summed E-state index contributed by atoms with van der Waals surface area (Å²) in [5.41, 5.74) is 0. The van der Waals surface area contributed by atoms with Crippen molar-refractivity contribution in [3.63, 3.8) is 0 Å². The maximum atomic E-state index is 11.8. The Labute approximate surface area is 92.1 Å². The van der Waals surface area contributed by atoms with E-state index < -0.39 is 10.0 Å². The molecule has 0 aromatic carbocycles. The fraction of sp³-hybridized carbons (Fsp3) is 1.00. The summed E-state index contributed by atoms with van der Waals surface area (Å²) in [6.07, 6.45) is 0.276. The summed E-state index contributed by atoms with van der Waals surface area (Å²) in [5, 5.41) is 8.62. The lowest BCUT2D eigenvalue weighted by Gasteiger charge is -2.26. The van der Waals surface area contributed by atoms with Gasteiger partial charge in [0.2, 0.25) is 10.0 Å². The van der Waals surface area contributed by atoms with Gasteiger partial charge in [0.05, 0.1) is 12.4 Å². The predicted octanol–water partition coefficient (Wildman–Crippen LogP) is 0.0554. The molecule has 0 saturated carbocycles. The molecule has 0 aliphatic rings. The molecule has 0 aromatic rings. The molecule has 0 aliphatic heterocycles. The first-order valence-electron chi connectivity index (χ1n) is 5.08. The average Bonchev–Trinajstić information content (AvgIpc) is 2.16. The summed E-state index contributed by atoms with van der Waals surface area (Å²) in [7, 11) is -1.72. The highest BCUT2D eigenvalue weighted by Gasteiger charge is 2.24. The predicted molar refractivity (Wildman–Crippen MR) is 59.2 cm³/mol. The van der Waals surface area contributed by atoms with Crippen molar-refractivity contribution in [2.45, 2.75) is 26.3 Å². The van der Waals surface area contributed by atoms with Gasteiger partial charge in [0, 0.05) is 26.3 Å². The number of hydrogen-bond acceptors (Lipinski definition) is 4. The van der Waals surface area contributed by atoms with Crippen molar-refractivity contribution >= 4 is 10.0 Å². The van der Waals surface area contributed by atoms with Crippen LogP contribution in [0.3, 0.4) is 0 Å². The zero-order valence-corrected chi connectivity index (χ0v) is 10.5. The highest BCUT2D eigenvalue weighted by molar-refractivity contribution is 7.89. The molecule has 15 heavy (non-hydrogen) atoms. The topological polar surface area (TPSA) is 66.8 Å². The molecule has 1 atom stereocenters. The highest BCUT2D eigenvalue weighted by Crippen LogP contribution is 2.08. The Kier molecular flexibility index (Phi) is 7.08. The van der Waals surface area contributed by atoms with E-state index in [1.54, 1.807) is 14.0 Å². The van der Waals surface area contributed by atoms with Crippen molar-refractivity contribution in [3.05, 3.63) is 0 Å². The third kappa shape index (κ3) is 4.92. The van der Waals surface area contributed by atoms with E-state index in [9.17, 15) is 8.42 Å². The minimum Gasteiger partial charge on any atom is -0.396 e. The second-order valence-electron chi connectivity index (χ2n) is 3.40. The second kappa shape index (κ2) is 7.16. The molecule has 0 saturated heterocycles. The van der Waals surface area contributed by atoms with Crippen LogP contribution in [0.5, 0.6) is 0 Å². The monoisotopic (exact) mass is 239 g/mol. The summed E-state index contributed by atoms with van der Waals surface area (Å²) in [5.74, 6) is -0.00854. The maximum absolute atomic E-state index is 11.8. The average molecular weight is 239 g/mol. The SMILES string of the molecule is CCN(C(C)COC)S(=O)(=O)CCCO. The molecule has 0 heterocycles. The van der Waals surface area contributed by atoms with Crippen molar-refractivity contribution in [3.8, 4) is 0 Å². The van der Waals surface area contributed by atoms with Crippen LogP contribution in [-0.2, 0) is 14.8 Å². The smallest absolute Gasteiger partial charge is 0.214 e. The Balaban J connectivity index is 4.50. The van der Waals surface area contributed by atoms with Crippen molar-refractivity contribution in [1.29, 1.82) is 0 Å². The van der Waals surface area contributed by atoms with Gasteiger partial charge in [-0.3, -0.25) is 0 Å². The molecular formula is C9H21NO4S. The van der Waals surface area contributed by atoms with Crippen LogP contribution in [-0.4, -0.2) is 56.5 Å². The summed E-state index contributed by atoms with van der Waals surface area (Å²) < 4.78 is 29.9. The molecule has 0 aromatic heterocycles. The Morgan fingerprint density at radius 1 is 1.47 bits per heavy atom. The molecule has 0 amide bonds. The summed E-state index contributed by atoms with van der Waals surface area (Å²) in [4.78, 5) is 0. The standard InChI is InChI=1S/C9H21NO4S/c1-4-10(9(2)8-14-3)15(12,13)7-5-6-11/h9,11H,4-8H2,1-3H3. The molecule has 0 fully saturated rings. The Morgan fingerprint density at radius 2 is 2.07 bits per heavy atom. The van der Waals surface area contributed by atoms with Gasteiger partial charge in [0.1, 0.15) is 0 Å². The maximum Gasteiger partial charge on any atom is 0.214 e. The summed E-state index contributed by atoms with van der Waals surface area (Å²) >= 11 is 0. The lowest BCUT2D eigenvalue weighted by atomic mass is 10.4. The largest absolute Gasteiger partial charge is 0.396 e. The van der Waals surface area contributed by atoms with Crippen molar-refractivity contribution < 1.29 is 18.3 Å². The fourth-order valence-electron chi connectivity index (χ4n) is 1.47. The number of aliphatic hydroxyl groups excluding tert-OH is 1. The van der Waals surface area contributed by atoms with E-state index >= 15 is 0 Å². The number of sulfonamides is 1. The number of methoxy groups -OCH3 is 1. The molecule has 0 spiro atoms. The van der Waals surface area contributed by atoms with E-state index in [1.165, 1.54) is 4.31 Å². The molecule has 1 unspecified atom stereocenters. The van der Waals surface area contributed by atoms with Crippen LogP contribution < -0.4 is 0 Å². The van der Waals surface area contributed by atoms with Crippen LogP contribution >= 0.6 is 0 Å². The first-order chi connectivity index (χ1) is 6.99. The third-order valence-electron chi connectivity index (χ3n) is 2.13. The van der Waals surface area contributed by atoms with E-state index in [2.05, 4.69) is 0 Å². The minimum absolute atomic E-state index is 0.00854. The van der Waals surface area contributed by atoms with E-state index in [4.69, 9.17) is 9.84 Å². The lowest BCUT2D eigenvalue weighted by molar-refractivity contribution is 0.142. The van der Waals surface area contributed by atoms with E-state index in [-0.39, 0.29) is 24.8 Å². The van der Waals surface area contributed by atoms with Crippen LogP contribution in [0.2, 0.25) is 0 Å². The second-order valence-corrected chi connectivity index (χ2v) is 5.44. The van der Waals surface area contributed by atoms with Gasteiger partial charge >= 0.3 is 0 Å². The van der Waals surface area contributed by atoms with E-state index in [0.717, 1.165) is 0 Å². The lowest BCUT2D eigenvalue weighted by Crippen LogP contribution is -2.42.